The molecule has 1 rings (SSSR count). The number of hydrogen-bond acceptors (Lipinski definition) is 1. The van der Waals surface area contributed by atoms with Crippen molar-refractivity contribution in [3.05, 3.63) is 41.8 Å². The van der Waals surface area contributed by atoms with E-state index in [1.54, 1.807) is 19.1 Å². The molecule has 0 aliphatic carbocycles. The van der Waals surface area contributed by atoms with Crippen molar-refractivity contribution in [1.82, 2.24) is 0 Å². The second-order valence-electron chi connectivity index (χ2n) is 3.17. The van der Waals surface area contributed by atoms with E-state index in [0.29, 0.717) is 11.4 Å². The molecule has 69 valence electrons. The van der Waals surface area contributed by atoms with Gasteiger partial charge in [-0.15, -0.1) is 0 Å². The highest BCUT2D eigenvalue weighted by atomic mass is 35.5. The monoisotopic (exact) mass is 195 g/mol. The molecular formula is C11H12ClO. The van der Waals surface area contributed by atoms with Gasteiger partial charge in [0.2, 0.25) is 0 Å². The maximum Gasteiger partial charge on any atom is 0.140 e. The molecule has 0 bridgehead atoms. The van der Waals surface area contributed by atoms with E-state index in [9.17, 15) is 4.79 Å². The van der Waals surface area contributed by atoms with Crippen LogP contribution in [-0.2, 0) is 11.2 Å². The smallest absolute Gasteiger partial charge is 0.140 e. The number of Topliss-reactive ketones (excluding diaryl/α,β-unsaturated/α-hetero) is 1. The van der Waals surface area contributed by atoms with Gasteiger partial charge in [0.05, 0.1) is 0 Å². The topological polar surface area (TPSA) is 17.1 Å². The molecular weight excluding hydrogens is 184 g/mol. The van der Waals surface area contributed by atoms with Gasteiger partial charge in [-0.05, 0) is 24.6 Å². The van der Waals surface area contributed by atoms with Crippen molar-refractivity contribution in [3.8, 4) is 0 Å². The SMILES string of the molecule is [CH2]C(C)C(=O)Cc1ccc(Cl)cc1. The van der Waals surface area contributed by atoms with Crippen LogP contribution in [0.3, 0.4) is 0 Å². The van der Waals surface area contributed by atoms with Gasteiger partial charge >= 0.3 is 0 Å². The summed E-state index contributed by atoms with van der Waals surface area (Å²) in [4.78, 5) is 11.3. The van der Waals surface area contributed by atoms with E-state index in [1.807, 2.05) is 12.1 Å². The van der Waals surface area contributed by atoms with Gasteiger partial charge in [-0.2, -0.15) is 0 Å². The van der Waals surface area contributed by atoms with Crippen molar-refractivity contribution >= 4 is 17.4 Å². The fraction of sp³-hybridized carbons (Fsp3) is 0.273. The number of ketones is 1. The molecule has 1 atom stereocenters. The summed E-state index contributed by atoms with van der Waals surface area (Å²) in [5, 5.41) is 0.693. The van der Waals surface area contributed by atoms with Gasteiger partial charge in [0.25, 0.3) is 0 Å². The Labute approximate surface area is 83.7 Å². The van der Waals surface area contributed by atoms with Crippen LogP contribution >= 0.6 is 11.6 Å². The van der Waals surface area contributed by atoms with Gasteiger partial charge in [-0.1, -0.05) is 30.7 Å². The molecule has 0 saturated carbocycles. The van der Waals surface area contributed by atoms with E-state index in [4.69, 9.17) is 11.6 Å². The lowest BCUT2D eigenvalue weighted by molar-refractivity contribution is -0.120. The van der Waals surface area contributed by atoms with Gasteiger partial charge in [0.1, 0.15) is 5.78 Å². The third-order valence-corrected chi connectivity index (χ3v) is 2.09. The van der Waals surface area contributed by atoms with Crippen LogP contribution in [0.15, 0.2) is 24.3 Å². The molecule has 0 heterocycles. The Morgan fingerprint density at radius 1 is 1.46 bits per heavy atom. The van der Waals surface area contributed by atoms with E-state index in [2.05, 4.69) is 6.92 Å². The highest BCUT2D eigenvalue weighted by molar-refractivity contribution is 6.30. The number of rotatable bonds is 3. The molecule has 0 aliphatic heterocycles. The standard InChI is InChI=1S/C11H12ClO/c1-8(2)11(13)7-9-3-5-10(12)6-4-9/h3-6,8H,1,7H2,2H3. The van der Waals surface area contributed by atoms with Gasteiger partial charge < -0.3 is 0 Å². The lowest BCUT2D eigenvalue weighted by Gasteiger charge is -2.03. The first-order valence-electron chi connectivity index (χ1n) is 4.20. The van der Waals surface area contributed by atoms with Crippen LogP contribution in [0.1, 0.15) is 12.5 Å². The largest absolute Gasteiger partial charge is 0.299 e. The van der Waals surface area contributed by atoms with Crippen LogP contribution in [0.2, 0.25) is 5.02 Å². The Hall–Kier alpha value is -0.820. The number of benzene rings is 1. The molecule has 0 N–H and O–H groups in total. The summed E-state index contributed by atoms with van der Waals surface area (Å²) in [7, 11) is 0. The van der Waals surface area contributed by atoms with Crippen molar-refractivity contribution in [2.45, 2.75) is 13.3 Å². The summed E-state index contributed by atoms with van der Waals surface area (Å²) in [6, 6.07) is 7.31. The molecule has 0 amide bonds. The summed E-state index contributed by atoms with van der Waals surface area (Å²) >= 11 is 5.71. The van der Waals surface area contributed by atoms with Crippen LogP contribution < -0.4 is 0 Å². The van der Waals surface area contributed by atoms with Gasteiger partial charge in [0.15, 0.2) is 0 Å². The molecule has 2 heteroatoms. The lowest BCUT2D eigenvalue weighted by atomic mass is 10.0. The molecule has 1 unspecified atom stereocenters. The summed E-state index contributed by atoms with van der Waals surface area (Å²) in [6.07, 6.45) is 0.446. The fourth-order valence-corrected chi connectivity index (χ4v) is 1.10. The molecule has 1 nitrogen and oxygen atoms in total. The minimum absolute atomic E-state index is 0.143. The average molecular weight is 196 g/mol. The quantitative estimate of drug-likeness (QED) is 0.725. The first-order chi connectivity index (χ1) is 6.09. The Morgan fingerprint density at radius 2 is 2.00 bits per heavy atom. The maximum atomic E-state index is 11.3. The number of carbonyl (C=O) groups excluding carboxylic acids is 1. The molecule has 13 heavy (non-hydrogen) atoms. The minimum Gasteiger partial charge on any atom is -0.299 e. The second kappa shape index (κ2) is 4.43. The van der Waals surface area contributed by atoms with Crippen LogP contribution in [0.4, 0.5) is 0 Å². The predicted molar refractivity (Wildman–Crippen MR) is 54.7 cm³/mol. The van der Waals surface area contributed by atoms with Crippen molar-refractivity contribution in [3.63, 3.8) is 0 Å². The highest BCUT2D eigenvalue weighted by Crippen LogP contribution is 2.11. The average Bonchev–Trinajstić information content (AvgIpc) is 2.08. The van der Waals surface area contributed by atoms with Crippen molar-refractivity contribution in [2.75, 3.05) is 0 Å². The Kier molecular flexibility index (Phi) is 3.49. The van der Waals surface area contributed by atoms with Crippen molar-refractivity contribution < 1.29 is 4.79 Å². The first-order valence-corrected chi connectivity index (χ1v) is 4.57. The maximum absolute atomic E-state index is 11.3. The zero-order valence-electron chi connectivity index (χ0n) is 7.59. The Balaban J connectivity index is 2.65. The molecule has 1 aromatic carbocycles. The van der Waals surface area contributed by atoms with Crippen molar-refractivity contribution in [1.29, 1.82) is 0 Å². The number of carbonyl (C=O) groups is 1. The molecule has 0 fully saturated rings. The third kappa shape index (κ3) is 3.19. The molecule has 1 aromatic rings. The summed E-state index contributed by atoms with van der Waals surface area (Å²) in [5.74, 6) is 0.0120. The van der Waals surface area contributed by atoms with E-state index < -0.39 is 0 Å². The van der Waals surface area contributed by atoms with E-state index >= 15 is 0 Å². The molecule has 0 aliphatic rings. The Bertz CT molecular complexity index is 287. The van der Waals surface area contributed by atoms with E-state index in [-0.39, 0.29) is 11.7 Å². The number of halogens is 1. The minimum atomic E-state index is -0.143. The van der Waals surface area contributed by atoms with Gasteiger partial charge in [-0.3, -0.25) is 4.79 Å². The summed E-state index contributed by atoms with van der Waals surface area (Å²) < 4.78 is 0. The van der Waals surface area contributed by atoms with Gasteiger partial charge in [-0.25, -0.2) is 0 Å². The molecule has 0 aromatic heterocycles. The van der Waals surface area contributed by atoms with E-state index in [0.717, 1.165) is 5.56 Å². The number of hydrogen-bond donors (Lipinski definition) is 0. The van der Waals surface area contributed by atoms with Crippen LogP contribution in [0.25, 0.3) is 0 Å². The van der Waals surface area contributed by atoms with Crippen molar-refractivity contribution in [2.24, 2.45) is 5.92 Å². The fourth-order valence-electron chi connectivity index (χ4n) is 0.978. The van der Waals surface area contributed by atoms with Crippen LogP contribution in [0.5, 0.6) is 0 Å². The van der Waals surface area contributed by atoms with Crippen LogP contribution in [0, 0.1) is 12.8 Å². The molecule has 1 radical (unpaired) electrons. The summed E-state index contributed by atoms with van der Waals surface area (Å²) in [5.41, 5.74) is 0.991. The summed E-state index contributed by atoms with van der Waals surface area (Å²) in [6.45, 7) is 5.48. The first kappa shape index (κ1) is 10.3. The highest BCUT2D eigenvalue weighted by Gasteiger charge is 2.07. The zero-order valence-corrected chi connectivity index (χ0v) is 8.34. The van der Waals surface area contributed by atoms with E-state index in [1.165, 1.54) is 0 Å². The second-order valence-corrected chi connectivity index (χ2v) is 3.61. The molecule has 0 spiro atoms. The zero-order chi connectivity index (χ0) is 9.84. The van der Waals surface area contributed by atoms with Gasteiger partial charge in [0, 0.05) is 17.4 Å². The molecule has 0 saturated heterocycles. The van der Waals surface area contributed by atoms with Crippen LogP contribution in [-0.4, -0.2) is 5.78 Å². The predicted octanol–water partition coefficient (Wildman–Crippen LogP) is 2.92. The Morgan fingerprint density at radius 3 is 2.46 bits per heavy atom. The normalized spacial score (nSPS) is 10.5. The third-order valence-electron chi connectivity index (χ3n) is 1.84. The lowest BCUT2D eigenvalue weighted by Crippen LogP contribution is -2.10.